The lowest BCUT2D eigenvalue weighted by molar-refractivity contribution is -0.117. The molecule has 1 amide bonds. The zero-order chi connectivity index (χ0) is 18.6. The quantitative estimate of drug-likeness (QED) is 0.813. The monoisotopic (exact) mass is 365 g/mol. The number of carbonyl (C=O) groups is 1. The van der Waals surface area contributed by atoms with Crippen molar-refractivity contribution in [3.8, 4) is 0 Å². The molecule has 2 aromatic rings. The van der Waals surface area contributed by atoms with E-state index < -0.39 is 0 Å². The molecular formula is C21H27N5O. The first-order chi connectivity index (χ1) is 13.2. The molecule has 0 N–H and O–H groups in total. The van der Waals surface area contributed by atoms with Gasteiger partial charge >= 0.3 is 0 Å². The first-order valence-corrected chi connectivity index (χ1v) is 9.86. The van der Waals surface area contributed by atoms with E-state index in [2.05, 4.69) is 32.8 Å². The molecule has 6 heteroatoms. The van der Waals surface area contributed by atoms with E-state index in [0.29, 0.717) is 12.3 Å². The first kappa shape index (κ1) is 17.9. The molecule has 0 spiro atoms. The fraction of sp³-hybridized carbons (Fsp3) is 0.476. The molecule has 2 fully saturated rings. The molecule has 4 rings (SSSR count). The van der Waals surface area contributed by atoms with Crippen LogP contribution in [0.4, 0.5) is 11.5 Å². The van der Waals surface area contributed by atoms with E-state index in [-0.39, 0.29) is 5.91 Å². The second-order valence-electron chi connectivity index (χ2n) is 7.42. The normalized spacial score (nSPS) is 21.1. The van der Waals surface area contributed by atoms with Crippen LogP contribution in [0.3, 0.4) is 0 Å². The fourth-order valence-corrected chi connectivity index (χ4v) is 4.04. The summed E-state index contributed by atoms with van der Waals surface area (Å²) >= 11 is 0. The highest BCUT2D eigenvalue weighted by Crippen LogP contribution is 2.26. The molecule has 2 aliphatic heterocycles. The van der Waals surface area contributed by atoms with Crippen molar-refractivity contribution < 1.29 is 4.79 Å². The summed E-state index contributed by atoms with van der Waals surface area (Å²) in [4.78, 5) is 27.9. The first-order valence-electron chi connectivity index (χ1n) is 9.86. The summed E-state index contributed by atoms with van der Waals surface area (Å²) in [6, 6.07) is 12.1. The highest BCUT2D eigenvalue weighted by atomic mass is 16.2. The van der Waals surface area contributed by atoms with E-state index in [1.165, 1.54) is 0 Å². The van der Waals surface area contributed by atoms with Gasteiger partial charge in [0.25, 0.3) is 0 Å². The Morgan fingerprint density at radius 3 is 2.59 bits per heavy atom. The molecule has 27 heavy (non-hydrogen) atoms. The van der Waals surface area contributed by atoms with Gasteiger partial charge in [-0.05, 0) is 24.5 Å². The van der Waals surface area contributed by atoms with Gasteiger partial charge in [0.15, 0.2) is 0 Å². The van der Waals surface area contributed by atoms with Crippen LogP contribution in [0.1, 0.15) is 19.0 Å². The van der Waals surface area contributed by atoms with Gasteiger partial charge < -0.3 is 9.80 Å². The van der Waals surface area contributed by atoms with E-state index in [4.69, 9.17) is 0 Å². The zero-order valence-corrected chi connectivity index (χ0v) is 15.9. The molecule has 0 unspecified atom stereocenters. The van der Waals surface area contributed by atoms with Crippen LogP contribution >= 0.6 is 0 Å². The number of anilines is 2. The van der Waals surface area contributed by atoms with Gasteiger partial charge in [-0.15, -0.1) is 0 Å². The second-order valence-corrected chi connectivity index (χ2v) is 7.42. The van der Waals surface area contributed by atoms with Crippen LogP contribution in [0.15, 0.2) is 42.7 Å². The third-order valence-electron chi connectivity index (χ3n) is 5.56. The molecule has 1 aromatic carbocycles. The lowest BCUT2D eigenvalue weighted by atomic mass is 10.1. The highest BCUT2D eigenvalue weighted by Gasteiger charge is 2.32. The topological polar surface area (TPSA) is 52.6 Å². The molecule has 6 nitrogen and oxygen atoms in total. The predicted molar refractivity (Wildman–Crippen MR) is 107 cm³/mol. The van der Waals surface area contributed by atoms with Gasteiger partial charge in [0.05, 0.1) is 0 Å². The smallest absolute Gasteiger partial charge is 0.227 e. The van der Waals surface area contributed by atoms with Crippen molar-refractivity contribution in [3.63, 3.8) is 0 Å². The third kappa shape index (κ3) is 4.11. The minimum Gasteiger partial charge on any atom is -0.354 e. The molecule has 0 aliphatic carbocycles. The van der Waals surface area contributed by atoms with E-state index >= 15 is 0 Å². The summed E-state index contributed by atoms with van der Waals surface area (Å²) in [5, 5.41) is 0. The van der Waals surface area contributed by atoms with Crippen LogP contribution < -0.4 is 9.80 Å². The minimum atomic E-state index is 0.248. The maximum Gasteiger partial charge on any atom is 0.227 e. The molecule has 1 atom stereocenters. The lowest BCUT2D eigenvalue weighted by Gasteiger charge is -2.36. The van der Waals surface area contributed by atoms with Crippen LogP contribution in [0, 0.1) is 5.92 Å². The zero-order valence-electron chi connectivity index (χ0n) is 15.9. The summed E-state index contributed by atoms with van der Waals surface area (Å²) in [5.41, 5.74) is 2.11. The van der Waals surface area contributed by atoms with Crippen LogP contribution in [-0.4, -0.2) is 60.0 Å². The Kier molecular flexibility index (Phi) is 5.34. The van der Waals surface area contributed by atoms with Crippen molar-refractivity contribution in [1.29, 1.82) is 0 Å². The average molecular weight is 365 g/mol. The number of rotatable bonds is 5. The van der Waals surface area contributed by atoms with E-state index in [0.717, 1.165) is 62.9 Å². The Bertz CT molecular complexity index is 773. The average Bonchev–Trinajstić information content (AvgIpc) is 3.09. The molecule has 2 saturated heterocycles. The summed E-state index contributed by atoms with van der Waals surface area (Å²) in [7, 11) is 0. The van der Waals surface area contributed by atoms with Crippen molar-refractivity contribution in [2.75, 3.05) is 49.1 Å². The van der Waals surface area contributed by atoms with Gasteiger partial charge in [0, 0.05) is 63.1 Å². The molecular weight excluding hydrogens is 338 g/mol. The van der Waals surface area contributed by atoms with E-state index in [1.54, 1.807) is 6.33 Å². The molecule has 3 heterocycles. The fourth-order valence-electron chi connectivity index (χ4n) is 4.04. The number of carbonyl (C=O) groups excluding carboxylic acids is 1. The summed E-state index contributed by atoms with van der Waals surface area (Å²) in [6.07, 6.45) is 3.26. The Morgan fingerprint density at radius 1 is 1.07 bits per heavy atom. The van der Waals surface area contributed by atoms with Gasteiger partial charge in [0.2, 0.25) is 5.91 Å². The van der Waals surface area contributed by atoms with Crippen molar-refractivity contribution >= 4 is 17.4 Å². The largest absolute Gasteiger partial charge is 0.354 e. The number of para-hydroxylation sites is 1. The minimum absolute atomic E-state index is 0.248. The van der Waals surface area contributed by atoms with Crippen LogP contribution in [-0.2, 0) is 11.2 Å². The van der Waals surface area contributed by atoms with Gasteiger partial charge in [-0.1, -0.05) is 25.1 Å². The highest BCUT2D eigenvalue weighted by molar-refractivity contribution is 5.95. The molecule has 0 radical (unpaired) electrons. The van der Waals surface area contributed by atoms with Crippen LogP contribution in [0.25, 0.3) is 0 Å². The Hall–Kier alpha value is -2.47. The lowest BCUT2D eigenvalue weighted by Crippen LogP contribution is -2.48. The van der Waals surface area contributed by atoms with Crippen molar-refractivity contribution in [2.24, 2.45) is 5.92 Å². The summed E-state index contributed by atoms with van der Waals surface area (Å²) in [6.45, 7) is 7.92. The van der Waals surface area contributed by atoms with E-state index in [1.807, 2.05) is 35.2 Å². The molecule has 142 valence electrons. The van der Waals surface area contributed by atoms with Crippen molar-refractivity contribution in [1.82, 2.24) is 14.9 Å². The maximum absolute atomic E-state index is 12.4. The molecule has 2 aliphatic rings. The SMILES string of the molecule is CCc1cc(N2CCN(C[C@@H]3CC(=O)N(c4ccccc4)C3)CC2)ncn1. The van der Waals surface area contributed by atoms with Crippen molar-refractivity contribution in [3.05, 3.63) is 48.4 Å². The maximum atomic E-state index is 12.4. The third-order valence-corrected chi connectivity index (χ3v) is 5.56. The number of amides is 1. The Balaban J connectivity index is 1.30. The molecule has 1 aromatic heterocycles. The summed E-state index contributed by atoms with van der Waals surface area (Å²) < 4.78 is 0. The van der Waals surface area contributed by atoms with Crippen LogP contribution in [0.2, 0.25) is 0 Å². The number of hydrogen-bond donors (Lipinski definition) is 0. The number of nitrogens with zero attached hydrogens (tertiary/aromatic N) is 5. The number of benzene rings is 1. The Labute approximate surface area is 160 Å². The number of piperazine rings is 1. The van der Waals surface area contributed by atoms with Gasteiger partial charge in [-0.2, -0.15) is 0 Å². The molecule has 0 bridgehead atoms. The van der Waals surface area contributed by atoms with Gasteiger partial charge in [-0.3, -0.25) is 9.69 Å². The summed E-state index contributed by atoms with van der Waals surface area (Å²) in [5.74, 6) is 1.70. The van der Waals surface area contributed by atoms with Gasteiger partial charge in [0.1, 0.15) is 12.1 Å². The second kappa shape index (κ2) is 8.05. The van der Waals surface area contributed by atoms with Crippen LogP contribution in [0.5, 0.6) is 0 Å². The number of aryl methyl sites for hydroxylation is 1. The number of aromatic nitrogens is 2. The van der Waals surface area contributed by atoms with Crippen molar-refractivity contribution in [2.45, 2.75) is 19.8 Å². The van der Waals surface area contributed by atoms with Gasteiger partial charge in [-0.25, -0.2) is 9.97 Å². The Morgan fingerprint density at radius 2 is 1.85 bits per heavy atom. The molecule has 0 saturated carbocycles. The number of hydrogen-bond acceptors (Lipinski definition) is 5. The van der Waals surface area contributed by atoms with E-state index in [9.17, 15) is 4.79 Å². The standard InChI is InChI=1S/C21H27N5O/c1-2-18-13-20(23-16-22-18)25-10-8-24(9-11-25)14-17-12-21(27)26(15-17)19-6-4-3-5-7-19/h3-7,13,16-17H,2,8-12,14-15H2,1H3/t17-/m0/s1. The predicted octanol–water partition coefficient (Wildman–Crippen LogP) is 2.21.